The van der Waals surface area contributed by atoms with Gasteiger partial charge in [-0.1, -0.05) is 44.4 Å². The lowest BCUT2D eigenvalue weighted by molar-refractivity contribution is -0.144. The lowest BCUT2D eigenvalue weighted by Crippen LogP contribution is -2.55. The minimum Gasteiger partial charge on any atom is -0.466 e. The van der Waals surface area contributed by atoms with Crippen LogP contribution in [-0.2, 0) is 23.9 Å². The van der Waals surface area contributed by atoms with Gasteiger partial charge in [0.05, 0.1) is 13.0 Å². The molecule has 0 radical (unpaired) electrons. The quantitative estimate of drug-likeness (QED) is 0.325. The molecular weight excluding hydrogens is 474 g/mol. The molecule has 0 saturated heterocycles. The first-order chi connectivity index (χ1) is 17.4. The third-order valence-corrected chi connectivity index (χ3v) is 5.68. The summed E-state index contributed by atoms with van der Waals surface area (Å²) in [6.45, 7) is 12.8. The number of nitrogens with one attached hydrogen (secondary N) is 2. The molecular formula is C28H41N3O6. The average molecular weight is 516 g/mol. The Balaban J connectivity index is 3.39. The number of carbonyl (C=O) groups is 4. The highest BCUT2D eigenvalue weighted by molar-refractivity contribution is 5.92. The maximum atomic E-state index is 13.9. The third kappa shape index (κ3) is 9.79. The Morgan fingerprint density at radius 1 is 1.11 bits per heavy atom. The van der Waals surface area contributed by atoms with Crippen LogP contribution in [0.4, 0.5) is 4.79 Å². The number of terminal acetylenes is 1. The molecule has 3 atom stereocenters. The van der Waals surface area contributed by atoms with Crippen LogP contribution in [0, 0.1) is 18.3 Å². The maximum absolute atomic E-state index is 13.9. The summed E-state index contributed by atoms with van der Waals surface area (Å²) < 4.78 is 10.3. The smallest absolute Gasteiger partial charge is 0.408 e. The molecule has 0 aliphatic heterocycles. The maximum Gasteiger partial charge on any atom is 0.408 e. The predicted octanol–water partition coefficient (Wildman–Crippen LogP) is 3.57. The van der Waals surface area contributed by atoms with Crippen molar-refractivity contribution in [1.82, 2.24) is 15.5 Å². The van der Waals surface area contributed by atoms with Crippen LogP contribution in [0.2, 0.25) is 0 Å². The number of carbonyl (C=O) groups excluding carboxylic acids is 4. The van der Waals surface area contributed by atoms with Gasteiger partial charge in [-0.05, 0) is 52.2 Å². The molecule has 1 aromatic rings. The number of rotatable bonds is 12. The largest absolute Gasteiger partial charge is 0.466 e. The Morgan fingerprint density at radius 2 is 1.76 bits per heavy atom. The van der Waals surface area contributed by atoms with Crippen LogP contribution in [0.15, 0.2) is 24.3 Å². The van der Waals surface area contributed by atoms with E-state index in [0.29, 0.717) is 17.5 Å². The van der Waals surface area contributed by atoms with Gasteiger partial charge in [0, 0.05) is 18.7 Å². The number of alkyl carbamates (subject to hydrolysis) is 1. The Kier molecular flexibility index (Phi) is 12.7. The zero-order valence-corrected chi connectivity index (χ0v) is 23.1. The molecule has 3 amide bonds. The fourth-order valence-corrected chi connectivity index (χ4v) is 3.70. The molecule has 3 unspecified atom stereocenters. The number of hydrogen-bond donors (Lipinski definition) is 2. The lowest BCUT2D eigenvalue weighted by atomic mass is 9.94. The van der Waals surface area contributed by atoms with Crippen molar-refractivity contribution in [2.75, 3.05) is 19.7 Å². The number of ether oxygens (including phenoxy) is 2. The van der Waals surface area contributed by atoms with E-state index in [4.69, 9.17) is 15.9 Å². The minimum absolute atomic E-state index is 0.0150. The predicted molar refractivity (Wildman–Crippen MR) is 141 cm³/mol. The molecule has 1 rings (SSSR count). The minimum atomic E-state index is -1.08. The van der Waals surface area contributed by atoms with E-state index in [1.165, 1.54) is 4.90 Å². The summed E-state index contributed by atoms with van der Waals surface area (Å²) >= 11 is 0. The van der Waals surface area contributed by atoms with Crippen molar-refractivity contribution in [1.29, 1.82) is 0 Å². The second-order valence-electron chi connectivity index (χ2n) is 9.61. The number of benzene rings is 1. The molecule has 0 heterocycles. The molecule has 0 fully saturated rings. The molecule has 0 bridgehead atoms. The summed E-state index contributed by atoms with van der Waals surface area (Å²) in [5.41, 5.74) is 0.179. The van der Waals surface area contributed by atoms with Crippen LogP contribution in [0.25, 0.3) is 0 Å². The van der Waals surface area contributed by atoms with Crippen molar-refractivity contribution in [3.63, 3.8) is 0 Å². The monoisotopic (exact) mass is 515 g/mol. The van der Waals surface area contributed by atoms with Crippen LogP contribution < -0.4 is 10.6 Å². The van der Waals surface area contributed by atoms with Gasteiger partial charge in [-0.15, -0.1) is 6.42 Å². The molecule has 9 nitrogen and oxygen atoms in total. The van der Waals surface area contributed by atoms with E-state index in [2.05, 4.69) is 16.6 Å². The van der Waals surface area contributed by atoms with Crippen LogP contribution in [0.5, 0.6) is 0 Å². The number of nitrogens with zero attached hydrogens (tertiary/aromatic N) is 1. The molecule has 0 aromatic heterocycles. The number of amides is 3. The second-order valence-corrected chi connectivity index (χ2v) is 9.61. The summed E-state index contributed by atoms with van der Waals surface area (Å²) in [4.78, 5) is 53.1. The lowest BCUT2D eigenvalue weighted by Gasteiger charge is -2.35. The van der Waals surface area contributed by atoms with E-state index < -0.39 is 41.6 Å². The summed E-state index contributed by atoms with van der Waals surface area (Å²) in [5.74, 6) is 0.951. The molecule has 0 aliphatic carbocycles. The highest BCUT2D eigenvalue weighted by Crippen LogP contribution is 2.27. The number of likely N-dealkylation sites (N-methyl/N-ethyl adjacent to an activating group) is 1. The average Bonchev–Trinajstić information content (AvgIpc) is 2.83. The Hall–Kier alpha value is -3.54. The molecule has 2 N–H and O–H groups in total. The van der Waals surface area contributed by atoms with Gasteiger partial charge in [-0.3, -0.25) is 14.4 Å². The molecule has 9 heteroatoms. The van der Waals surface area contributed by atoms with E-state index in [1.807, 2.05) is 13.8 Å². The van der Waals surface area contributed by atoms with Gasteiger partial charge in [0.15, 0.2) is 0 Å². The summed E-state index contributed by atoms with van der Waals surface area (Å²) in [6.07, 6.45) is 5.58. The van der Waals surface area contributed by atoms with Crippen molar-refractivity contribution in [2.24, 2.45) is 5.92 Å². The van der Waals surface area contributed by atoms with E-state index in [9.17, 15) is 19.2 Å². The highest BCUT2D eigenvalue weighted by Gasteiger charge is 2.38. The number of hydrogen-bond acceptors (Lipinski definition) is 6. The second kappa shape index (κ2) is 14.9. The molecule has 0 aliphatic rings. The van der Waals surface area contributed by atoms with Gasteiger partial charge in [-0.2, -0.15) is 0 Å². The fraction of sp³-hybridized carbons (Fsp3) is 0.571. The van der Waals surface area contributed by atoms with Crippen molar-refractivity contribution in [3.8, 4) is 12.3 Å². The van der Waals surface area contributed by atoms with Gasteiger partial charge in [0.2, 0.25) is 11.8 Å². The Bertz CT molecular complexity index is 979. The van der Waals surface area contributed by atoms with Gasteiger partial charge in [-0.25, -0.2) is 4.79 Å². The van der Waals surface area contributed by atoms with E-state index in [0.717, 1.165) is 0 Å². The van der Waals surface area contributed by atoms with Crippen LogP contribution in [0.3, 0.4) is 0 Å². The van der Waals surface area contributed by atoms with Gasteiger partial charge in [0.1, 0.15) is 17.7 Å². The molecule has 0 saturated carbocycles. The van der Waals surface area contributed by atoms with Crippen molar-refractivity contribution in [2.45, 2.75) is 79.0 Å². The first-order valence-electron chi connectivity index (χ1n) is 12.7. The standard InChI is InChI=1S/C28H41N3O6/c1-9-19(5)23(30-27(35)37-28(6,7)8)26(34)31(11-3)24(21-16-14-13-15-20(21)10-2)25(33)29-18-17-22(32)36-12-4/h2,13-16,19,23-24H,9,11-12,17-18H2,1,3-8H3,(H,29,33)(H,30,35). The Labute approximate surface area is 220 Å². The molecule has 0 spiro atoms. The van der Waals surface area contributed by atoms with Crippen LogP contribution in [0.1, 0.15) is 78.5 Å². The normalized spacial score (nSPS) is 13.4. The SMILES string of the molecule is C#Cc1ccccc1C(C(=O)NCCC(=O)OCC)N(CC)C(=O)C(NC(=O)OC(C)(C)C)C(C)CC. The van der Waals surface area contributed by atoms with Crippen molar-refractivity contribution in [3.05, 3.63) is 35.4 Å². The summed E-state index contributed by atoms with van der Waals surface area (Å²) in [5, 5.41) is 5.43. The zero-order valence-electron chi connectivity index (χ0n) is 23.1. The first kappa shape index (κ1) is 31.5. The van der Waals surface area contributed by atoms with Gasteiger partial charge in [0.25, 0.3) is 0 Å². The number of esters is 1. The first-order valence-corrected chi connectivity index (χ1v) is 12.7. The van der Waals surface area contributed by atoms with E-state index in [1.54, 1.807) is 58.9 Å². The third-order valence-electron chi connectivity index (χ3n) is 5.68. The fourth-order valence-electron chi connectivity index (χ4n) is 3.70. The topological polar surface area (TPSA) is 114 Å². The van der Waals surface area contributed by atoms with Crippen molar-refractivity contribution < 1.29 is 28.7 Å². The highest BCUT2D eigenvalue weighted by atomic mass is 16.6. The van der Waals surface area contributed by atoms with Gasteiger partial charge >= 0.3 is 12.1 Å². The molecule has 204 valence electrons. The zero-order chi connectivity index (χ0) is 28.2. The Morgan fingerprint density at radius 3 is 2.30 bits per heavy atom. The van der Waals surface area contributed by atoms with Gasteiger partial charge < -0.3 is 25.0 Å². The molecule has 1 aromatic carbocycles. The summed E-state index contributed by atoms with van der Waals surface area (Å²) in [7, 11) is 0. The van der Waals surface area contributed by atoms with E-state index in [-0.39, 0.29) is 32.0 Å². The van der Waals surface area contributed by atoms with E-state index >= 15 is 0 Å². The van der Waals surface area contributed by atoms with Crippen LogP contribution >= 0.6 is 0 Å². The molecule has 37 heavy (non-hydrogen) atoms. The summed E-state index contributed by atoms with van der Waals surface area (Å²) in [6, 6.07) is 4.85. The van der Waals surface area contributed by atoms with Crippen molar-refractivity contribution >= 4 is 23.9 Å². The van der Waals surface area contributed by atoms with Crippen LogP contribution in [-0.4, -0.2) is 60.1 Å².